The number of nitrogen functional groups attached to an aromatic ring is 1. The predicted octanol–water partition coefficient (Wildman–Crippen LogP) is 1.75. The second-order valence-electron chi connectivity index (χ2n) is 5.26. The Kier molecular flexibility index (Phi) is 6.72. The normalized spacial score (nSPS) is 11.8. The smallest absolute Gasteiger partial charge is 0.239 e. The maximum atomic E-state index is 12.4. The molecule has 0 saturated carbocycles. The van der Waals surface area contributed by atoms with Crippen LogP contribution in [0.1, 0.15) is 38.2 Å². The van der Waals surface area contributed by atoms with Crippen LogP contribution in [0, 0.1) is 0 Å². The van der Waals surface area contributed by atoms with Crippen molar-refractivity contribution >= 4 is 17.5 Å². The topological polar surface area (TPSA) is 75.4 Å². The van der Waals surface area contributed by atoms with Crippen molar-refractivity contribution in [2.75, 3.05) is 25.9 Å². The highest BCUT2D eigenvalue weighted by Crippen LogP contribution is 2.21. The number of nitrogens with two attached hydrogens (primary N) is 1. The molecule has 0 heterocycles. The van der Waals surface area contributed by atoms with Crippen molar-refractivity contribution in [2.45, 2.75) is 32.6 Å². The van der Waals surface area contributed by atoms with Gasteiger partial charge in [-0.2, -0.15) is 0 Å². The molecule has 21 heavy (non-hydrogen) atoms. The predicted molar refractivity (Wildman–Crippen MR) is 84.8 cm³/mol. The van der Waals surface area contributed by atoms with Crippen LogP contribution in [0.3, 0.4) is 0 Å². The third kappa shape index (κ3) is 5.45. The summed E-state index contributed by atoms with van der Waals surface area (Å²) in [4.78, 5) is 25.5. The Morgan fingerprint density at radius 2 is 1.90 bits per heavy atom. The van der Waals surface area contributed by atoms with Gasteiger partial charge in [0.2, 0.25) is 11.8 Å². The molecule has 1 atom stereocenters. The summed E-state index contributed by atoms with van der Waals surface area (Å²) >= 11 is 0. The van der Waals surface area contributed by atoms with E-state index >= 15 is 0 Å². The summed E-state index contributed by atoms with van der Waals surface area (Å²) < 4.78 is 0. The lowest BCUT2D eigenvalue weighted by Gasteiger charge is -2.23. The fourth-order valence-electron chi connectivity index (χ4n) is 2.15. The average molecular weight is 291 g/mol. The molecule has 0 aliphatic rings. The third-order valence-electron chi connectivity index (χ3n) is 3.45. The fraction of sp³-hybridized carbons (Fsp3) is 0.500. The van der Waals surface area contributed by atoms with Gasteiger partial charge < -0.3 is 16.0 Å². The second-order valence-corrected chi connectivity index (χ2v) is 5.26. The number of carbonyl (C=O) groups excluding carboxylic acids is 2. The Labute approximate surface area is 126 Å². The highest BCUT2D eigenvalue weighted by Gasteiger charge is 2.19. The van der Waals surface area contributed by atoms with Gasteiger partial charge in [-0.25, -0.2) is 0 Å². The number of amides is 2. The molecular formula is C16H25N3O2. The zero-order chi connectivity index (χ0) is 15.8. The van der Waals surface area contributed by atoms with Crippen LogP contribution in [-0.4, -0.2) is 36.9 Å². The summed E-state index contributed by atoms with van der Waals surface area (Å²) in [6.45, 7) is 4.72. The Hall–Kier alpha value is -2.04. The van der Waals surface area contributed by atoms with Gasteiger partial charge >= 0.3 is 0 Å². The molecule has 0 bridgehead atoms. The van der Waals surface area contributed by atoms with Crippen LogP contribution in [-0.2, 0) is 9.59 Å². The van der Waals surface area contributed by atoms with E-state index in [1.165, 1.54) is 0 Å². The number of anilines is 1. The summed E-state index contributed by atoms with van der Waals surface area (Å²) in [5.74, 6) is -0.0381. The molecule has 0 aliphatic carbocycles. The number of hydrogen-bond acceptors (Lipinski definition) is 3. The van der Waals surface area contributed by atoms with E-state index in [1.807, 2.05) is 38.1 Å². The van der Waals surface area contributed by atoms with Crippen molar-refractivity contribution in [1.82, 2.24) is 10.2 Å². The molecule has 0 spiro atoms. The van der Waals surface area contributed by atoms with Crippen molar-refractivity contribution in [3.63, 3.8) is 0 Å². The Bertz CT molecular complexity index is 471. The van der Waals surface area contributed by atoms with Gasteiger partial charge in [0.1, 0.15) is 0 Å². The number of nitrogens with zero attached hydrogens (tertiary/aromatic N) is 1. The lowest BCUT2D eigenvalue weighted by atomic mass is 9.97. The van der Waals surface area contributed by atoms with Crippen molar-refractivity contribution in [2.24, 2.45) is 0 Å². The molecule has 116 valence electrons. The first kappa shape index (κ1) is 17.0. The first-order valence-electron chi connectivity index (χ1n) is 7.31. The molecule has 1 aromatic rings. The monoisotopic (exact) mass is 291 g/mol. The Morgan fingerprint density at radius 3 is 2.43 bits per heavy atom. The largest absolute Gasteiger partial charge is 0.399 e. The summed E-state index contributed by atoms with van der Waals surface area (Å²) in [6, 6.07) is 7.56. The minimum atomic E-state index is -0.142. The van der Waals surface area contributed by atoms with Gasteiger partial charge in [0.15, 0.2) is 0 Å². The van der Waals surface area contributed by atoms with E-state index in [9.17, 15) is 9.59 Å². The van der Waals surface area contributed by atoms with Crippen molar-refractivity contribution in [3.8, 4) is 0 Å². The zero-order valence-electron chi connectivity index (χ0n) is 13.1. The summed E-state index contributed by atoms with van der Waals surface area (Å²) in [6.07, 6.45) is 1.22. The number of hydrogen-bond donors (Lipinski definition) is 2. The highest BCUT2D eigenvalue weighted by molar-refractivity contribution is 5.85. The summed E-state index contributed by atoms with van der Waals surface area (Å²) in [7, 11) is 1.58. The number of nitrogens with one attached hydrogen (secondary N) is 1. The van der Waals surface area contributed by atoms with Crippen LogP contribution in [0.5, 0.6) is 0 Å². The van der Waals surface area contributed by atoms with Gasteiger partial charge in [-0.15, -0.1) is 0 Å². The van der Waals surface area contributed by atoms with Gasteiger partial charge in [-0.1, -0.05) is 26.0 Å². The maximum absolute atomic E-state index is 12.4. The minimum Gasteiger partial charge on any atom is -0.399 e. The van der Waals surface area contributed by atoms with Crippen molar-refractivity contribution in [1.29, 1.82) is 0 Å². The molecule has 0 saturated heterocycles. The number of rotatable bonds is 7. The van der Waals surface area contributed by atoms with E-state index in [0.29, 0.717) is 18.7 Å². The van der Waals surface area contributed by atoms with Gasteiger partial charge in [0.25, 0.3) is 0 Å². The first-order valence-corrected chi connectivity index (χ1v) is 7.31. The van der Waals surface area contributed by atoms with Crippen LogP contribution in [0.15, 0.2) is 24.3 Å². The van der Waals surface area contributed by atoms with Crippen LogP contribution >= 0.6 is 0 Å². The van der Waals surface area contributed by atoms with Crippen molar-refractivity contribution in [3.05, 3.63) is 29.8 Å². The number of carbonyl (C=O) groups is 2. The van der Waals surface area contributed by atoms with Crippen LogP contribution in [0.25, 0.3) is 0 Å². The maximum Gasteiger partial charge on any atom is 0.239 e. The van der Waals surface area contributed by atoms with E-state index < -0.39 is 0 Å². The lowest BCUT2D eigenvalue weighted by molar-refractivity contribution is -0.136. The quantitative estimate of drug-likeness (QED) is 0.751. The SMILES string of the molecule is CCCN(CC(=O)NC)C(=O)CC(C)c1ccc(N)cc1. The molecular weight excluding hydrogens is 266 g/mol. The molecule has 0 aliphatic heterocycles. The zero-order valence-corrected chi connectivity index (χ0v) is 13.1. The Balaban J connectivity index is 2.67. The summed E-state index contributed by atoms with van der Waals surface area (Å²) in [5.41, 5.74) is 7.46. The molecule has 2 amide bonds. The van der Waals surface area contributed by atoms with Gasteiger partial charge in [0, 0.05) is 25.7 Å². The Morgan fingerprint density at radius 1 is 1.29 bits per heavy atom. The number of benzene rings is 1. The third-order valence-corrected chi connectivity index (χ3v) is 3.45. The van der Waals surface area contributed by atoms with E-state index in [-0.39, 0.29) is 24.3 Å². The molecule has 1 unspecified atom stereocenters. The highest BCUT2D eigenvalue weighted by atomic mass is 16.2. The average Bonchev–Trinajstić information content (AvgIpc) is 2.47. The molecule has 1 aromatic carbocycles. The molecule has 0 radical (unpaired) electrons. The van der Waals surface area contributed by atoms with Crippen LogP contribution in [0.2, 0.25) is 0 Å². The van der Waals surface area contributed by atoms with Crippen LogP contribution in [0.4, 0.5) is 5.69 Å². The molecule has 5 nitrogen and oxygen atoms in total. The molecule has 0 fully saturated rings. The van der Waals surface area contributed by atoms with E-state index in [0.717, 1.165) is 12.0 Å². The minimum absolute atomic E-state index is 0.00442. The lowest BCUT2D eigenvalue weighted by Crippen LogP contribution is -2.40. The van der Waals surface area contributed by atoms with Gasteiger partial charge in [-0.3, -0.25) is 9.59 Å². The standard InChI is InChI=1S/C16H25N3O2/c1-4-9-19(11-15(20)18-3)16(21)10-12(2)13-5-7-14(17)8-6-13/h5-8,12H,4,9-11,17H2,1-3H3,(H,18,20). The first-order chi connectivity index (χ1) is 9.97. The molecule has 0 aromatic heterocycles. The molecule has 3 N–H and O–H groups in total. The van der Waals surface area contributed by atoms with E-state index in [4.69, 9.17) is 5.73 Å². The summed E-state index contributed by atoms with van der Waals surface area (Å²) in [5, 5.41) is 2.55. The second kappa shape index (κ2) is 8.29. The fourth-order valence-corrected chi connectivity index (χ4v) is 2.15. The van der Waals surface area contributed by atoms with Gasteiger partial charge in [-0.05, 0) is 30.0 Å². The molecule has 1 rings (SSSR count). The number of likely N-dealkylation sites (N-methyl/N-ethyl adjacent to an activating group) is 1. The van der Waals surface area contributed by atoms with Crippen molar-refractivity contribution < 1.29 is 9.59 Å². The van der Waals surface area contributed by atoms with E-state index in [1.54, 1.807) is 11.9 Å². The van der Waals surface area contributed by atoms with Crippen LogP contribution < -0.4 is 11.1 Å². The van der Waals surface area contributed by atoms with E-state index in [2.05, 4.69) is 5.32 Å². The van der Waals surface area contributed by atoms with Gasteiger partial charge in [0.05, 0.1) is 6.54 Å². The molecule has 5 heteroatoms.